The molecule has 0 aromatic heterocycles. The van der Waals surface area contributed by atoms with Gasteiger partial charge in [0.1, 0.15) is 0 Å². The van der Waals surface area contributed by atoms with Crippen LogP contribution in [-0.2, 0) is 4.74 Å². The first kappa shape index (κ1) is 18.9. The van der Waals surface area contributed by atoms with Crippen LogP contribution in [-0.4, -0.2) is 76.3 Å². The molecule has 1 aliphatic heterocycles. The van der Waals surface area contributed by atoms with E-state index in [1.807, 2.05) is 7.05 Å². The largest absolute Gasteiger partial charge is 0.381 e. The van der Waals surface area contributed by atoms with Crippen LogP contribution in [0.3, 0.4) is 0 Å². The van der Waals surface area contributed by atoms with E-state index in [2.05, 4.69) is 48.2 Å². The maximum atomic E-state index is 5.41. The van der Waals surface area contributed by atoms with Crippen LogP contribution in [0, 0.1) is 5.92 Å². The van der Waals surface area contributed by atoms with Gasteiger partial charge in [0.2, 0.25) is 0 Å². The highest BCUT2D eigenvalue weighted by molar-refractivity contribution is 14.0. The predicted molar refractivity (Wildman–Crippen MR) is 91.5 cm³/mol. The summed E-state index contributed by atoms with van der Waals surface area (Å²) in [5.41, 5.74) is 0. The van der Waals surface area contributed by atoms with Crippen LogP contribution in [0.2, 0.25) is 0 Å². The average molecular weight is 384 g/mol. The molecule has 1 rings (SSSR count). The van der Waals surface area contributed by atoms with Gasteiger partial charge in [-0.2, -0.15) is 0 Å². The van der Waals surface area contributed by atoms with Gasteiger partial charge in [-0.25, -0.2) is 0 Å². The van der Waals surface area contributed by atoms with Crippen molar-refractivity contribution in [3.8, 4) is 0 Å². The van der Waals surface area contributed by atoms with Gasteiger partial charge in [-0.3, -0.25) is 4.99 Å². The summed E-state index contributed by atoms with van der Waals surface area (Å²) in [4.78, 5) is 8.73. The minimum Gasteiger partial charge on any atom is -0.381 e. The molecule has 1 N–H and O–H groups in total. The number of aliphatic imine (C=N–C) groups is 1. The van der Waals surface area contributed by atoms with Gasteiger partial charge in [0.05, 0.1) is 6.61 Å². The second kappa shape index (κ2) is 9.77. The van der Waals surface area contributed by atoms with Crippen molar-refractivity contribution in [1.29, 1.82) is 0 Å². The van der Waals surface area contributed by atoms with E-state index in [-0.39, 0.29) is 24.0 Å². The number of nitrogens with zero attached hydrogens (tertiary/aromatic N) is 3. The third-order valence-electron chi connectivity index (χ3n) is 3.57. The zero-order chi connectivity index (χ0) is 13.5. The Morgan fingerprint density at radius 1 is 1.42 bits per heavy atom. The van der Waals surface area contributed by atoms with Gasteiger partial charge in [0.15, 0.2) is 5.96 Å². The van der Waals surface area contributed by atoms with Crippen LogP contribution in [0.5, 0.6) is 0 Å². The van der Waals surface area contributed by atoms with E-state index in [0.717, 1.165) is 38.7 Å². The molecular weight excluding hydrogens is 355 g/mol. The summed E-state index contributed by atoms with van der Waals surface area (Å²) in [5.74, 6) is 1.61. The quantitative estimate of drug-likeness (QED) is 0.438. The summed E-state index contributed by atoms with van der Waals surface area (Å²) in [6.07, 6.45) is 1.16. The van der Waals surface area contributed by atoms with Crippen molar-refractivity contribution in [2.75, 3.05) is 54.5 Å². The molecule has 5 nitrogen and oxygen atoms in total. The highest BCUT2D eigenvalue weighted by Crippen LogP contribution is 2.13. The zero-order valence-electron chi connectivity index (χ0n) is 12.8. The van der Waals surface area contributed by atoms with Crippen LogP contribution in [0.25, 0.3) is 0 Å². The number of hydrogen-bond donors (Lipinski definition) is 1. The molecule has 114 valence electrons. The van der Waals surface area contributed by atoms with Crippen molar-refractivity contribution in [3.63, 3.8) is 0 Å². The van der Waals surface area contributed by atoms with Crippen LogP contribution in [0.1, 0.15) is 13.3 Å². The Balaban J connectivity index is 0.00000324. The number of guanidine groups is 1. The maximum Gasteiger partial charge on any atom is 0.193 e. The summed E-state index contributed by atoms with van der Waals surface area (Å²) < 4.78 is 5.41. The van der Waals surface area contributed by atoms with Crippen LogP contribution in [0.15, 0.2) is 4.99 Å². The lowest BCUT2D eigenvalue weighted by molar-refractivity contribution is 0.181. The lowest BCUT2D eigenvalue weighted by Gasteiger charge is -2.27. The van der Waals surface area contributed by atoms with Gasteiger partial charge in [-0.05, 0) is 27.4 Å². The topological polar surface area (TPSA) is 40.1 Å². The third kappa shape index (κ3) is 6.76. The van der Waals surface area contributed by atoms with E-state index in [1.165, 1.54) is 0 Å². The highest BCUT2D eigenvalue weighted by Gasteiger charge is 2.19. The van der Waals surface area contributed by atoms with Crippen molar-refractivity contribution in [1.82, 2.24) is 15.1 Å². The van der Waals surface area contributed by atoms with Crippen LogP contribution < -0.4 is 5.32 Å². The highest BCUT2D eigenvalue weighted by atomic mass is 127. The van der Waals surface area contributed by atoms with E-state index in [1.54, 1.807) is 0 Å². The van der Waals surface area contributed by atoms with E-state index < -0.39 is 0 Å². The van der Waals surface area contributed by atoms with Gasteiger partial charge in [0.25, 0.3) is 0 Å². The molecule has 1 aliphatic rings. The molecule has 0 bridgehead atoms. The number of rotatable bonds is 5. The Morgan fingerprint density at radius 2 is 2.11 bits per heavy atom. The van der Waals surface area contributed by atoms with Gasteiger partial charge in [0, 0.05) is 45.8 Å². The molecule has 6 heteroatoms. The first-order chi connectivity index (χ1) is 8.54. The standard InChI is InChI=1S/C13H28N4O.HI/c1-11(16(3)4)8-15-13(14-2)17(5)9-12-6-7-18-10-12;/h11-12H,6-10H2,1-5H3,(H,14,15);1H. The molecule has 19 heavy (non-hydrogen) atoms. The van der Waals surface area contributed by atoms with E-state index in [0.29, 0.717) is 12.0 Å². The molecule has 0 aromatic rings. The average Bonchev–Trinajstić information content (AvgIpc) is 2.82. The fourth-order valence-electron chi connectivity index (χ4n) is 2.01. The SMILES string of the molecule is CN=C(NCC(C)N(C)C)N(C)CC1CCOC1.I. The fourth-order valence-corrected chi connectivity index (χ4v) is 2.01. The minimum atomic E-state index is 0. The maximum absolute atomic E-state index is 5.41. The Kier molecular flexibility index (Phi) is 9.72. The Bertz CT molecular complexity index is 267. The number of nitrogens with one attached hydrogen (secondary N) is 1. The van der Waals surface area contributed by atoms with Crippen LogP contribution in [0.4, 0.5) is 0 Å². The van der Waals surface area contributed by atoms with Gasteiger partial charge >= 0.3 is 0 Å². The molecule has 1 saturated heterocycles. The molecule has 0 amide bonds. The van der Waals surface area contributed by atoms with Gasteiger partial charge in [-0.1, -0.05) is 0 Å². The van der Waals surface area contributed by atoms with Crippen LogP contribution >= 0.6 is 24.0 Å². The van der Waals surface area contributed by atoms with Crippen molar-refractivity contribution >= 4 is 29.9 Å². The number of halogens is 1. The normalized spacial score (nSPS) is 21.2. The zero-order valence-corrected chi connectivity index (χ0v) is 15.2. The second-order valence-corrected chi connectivity index (χ2v) is 5.35. The molecule has 2 unspecified atom stereocenters. The molecule has 2 atom stereocenters. The molecule has 0 aliphatic carbocycles. The van der Waals surface area contributed by atoms with Crippen molar-refractivity contribution in [3.05, 3.63) is 0 Å². The molecule has 0 spiro atoms. The monoisotopic (exact) mass is 384 g/mol. The van der Waals surface area contributed by atoms with Gasteiger partial charge in [-0.15, -0.1) is 24.0 Å². The van der Waals surface area contributed by atoms with E-state index >= 15 is 0 Å². The summed E-state index contributed by atoms with van der Waals surface area (Å²) in [6.45, 7) is 5.91. The predicted octanol–water partition coefficient (Wildman–Crippen LogP) is 1.10. The number of hydrogen-bond acceptors (Lipinski definition) is 3. The molecule has 0 radical (unpaired) electrons. The Labute approximate surface area is 134 Å². The summed E-state index contributed by atoms with van der Waals surface area (Å²) in [6, 6.07) is 0.491. The molecule has 0 saturated carbocycles. The first-order valence-corrected chi connectivity index (χ1v) is 6.70. The Morgan fingerprint density at radius 3 is 2.58 bits per heavy atom. The molecule has 1 fully saturated rings. The number of likely N-dealkylation sites (N-methyl/N-ethyl adjacent to an activating group) is 1. The molecule has 1 heterocycles. The summed E-state index contributed by atoms with van der Waals surface area (Å²) >= 11 is 0. The summed E-state index contributed by atoms with van der Waals surface area (Å²) in [7, 11) is 8.11. The molecular formula is C13H29IN4O. The minimum absolute atomic E-state index is 0. The number of ether oxygens (including phenoxy) is 1. The van der Waals surface area contributed by atoms with Crippen molar-refractivity contribution in [2.45, 2.75) is 19.4 Å². The lowest BCUT2D eigenvalue weighted by Crippen LogP contribution is -2.46. The van der Waals surface area contributed by atoms with Crippen molar-refractivity contribution < 1.29 is 4.74 Å². The lowest BCUT2D eigenvalue weighted by atomic mass is 10.1. The fraction of sp³-hybridized carbons (Fsp3) is 0.923. The molecule has 0 aromatic carbocycles. The Hall–Kier alpha value is -0.0800. The van der Waals surface area contributed by atoms with Crippen molar-refractivity contribution in [2.24, 2.45) is 10.9 Å². The van der Waals surface area contributed by atoms with E-state index in [9.17, 15) is 0 Å². The van der Waals surface area contributed by atoms with Gasteiger partial charge < -0.3 is 19.9 Å². The summed E-state index contributed by atoms with van der Waals surface area (Å²) in [5, 5.41) is 3.42. The first-order valence-electron chi connectivity index (χ1n) is 6.70. The second-order valence-electron chi connectivity index (χ2n) is 5.35. The smallest absolute Gasteiger partial charge is 0.193 e. The third-order valence-corrected chi connectivity index (χ3v) is 3.57. The van der Waals surface area contributed by atoms with E-state index in [4.69, 9.17) is 4.74 Å².